The molecule has 1 saturated carbocycles. The van der Waals surface area contributed by atoms with Crippen molar-refractivity contribution >= 4 is 39.6 Å². The Kier molecular flexibility index (Phi) is 10.4. The number of rotatable bonds is 12. The lowest BCUT2D eigenvalue weighted by molar-refractivity contribution is -0.129. The van der Waals surface area contributed by atoms with E-state index in [-0.39, 0.29) is 43.9 Å². The lowest BCUT2D eigenvalue weighted by Crippen LogP contribution is -2.65. The molecule has 2 N–H and O–H groups in total. The molecule has 1 aliphatic carbocycles. The molecule has 12 heteroatoms. The second kappa shape index (κ2) is 14.9. The van der Waals surface area contributed by atoms with Gasteiger partial charge in [0, 0.05) is 30.8 Å². The van der Waals surface area contributed by atoms with E-state index in [2.05, 4.69) is 15.9 Å². The number of carbonyl (C=O) groups excluding carboxylic acids is 1. The zero-order chi connectivity index (χ0) is 34.7. The van der Waals surface area contributed by atoms with Crippen LogP contribution in [0.4, 0.5) is 14.0 Å². The van der Waals surface area contributed by atoms with Crippen molar-refractivity contribution < 1.29 is 38.5 Å². The van der Waals surface area contributed by atoms with Crippen molar-refractivity contribution in [3.05, 3.63) is 99.3 Å². The van der Waals surface area contributed by atoms with E-state index < -0.39 is 24.3 Å². The van der Waals surface area contributed by atoms with E-state index in [9.17, 15) is 29.0 Å². The number of nitrogens with zero attached hydrogens (tertiary/aromatic N) is 3. The minimum absolute atomic E-state index is 0.00938. The van der Waals surface area contributed by atoms with Crippen LogP contribution in [0.25, 0.3) is 5.57 Å². The van der Waals surface area contributed by atoms with Crippen LogP contribution in [0.3, 0.4) is 0 Å². The molecule has 3 aliphatic rings. The Hall–Kier alpha value is -4.58. The molecule has 258 valence electrons. The number of carbonyl (C=O) groups is 3. The summed E-state index contributed by atoms with van der Waals surface area (Å²) in [6.45, 7) is 2.85. The smallest absolute Gasteiger partial charge is 0.408 e. The molecule has 0 aromatic heterocycles. The van der Waals surface area contributed by atoms with Crippen LogP contribution >= 0.6 is 15.9 Å². The quantitative estimate of drug-likeness (QED) is 0.195. The summed E-state index contributed by atoms with van der Waals surface area (Å²) >= 11 is 3.38. The molecule has 2 atom stereocenters. The number of amides is 3. The van der Waals surface area contributed by atoms with E-state index in [4.69, 9.17) is 9.47 Å². The van der Waals surface area contributed by atoms with Gasteiger partial charge in [-0.05, 0) is 101 Å². The molecule has 6 rings (SSSR count). The van der Waals surface area contributed by atoms with Crippen molar-refractivity contribution in [2.75, 3.05) is 32.8 Å². The number of fused-ring (bicyclic) bond motifs is 2. The van der Waals surface area contributed by atoms with Crippen LogP contribution < -0.4 is 9.47 Å². The summed E-state index contributed by atoms with van der Waals surface area (Å²) in [5.74, 6) is 0.502. The first-order chi connectivity index (χ1) is 23.6. The van der Waals surface area contributed by atoms with Gasteiger partial charge in [-0.25, -0.2) is 14.0 Å². The van der Waals surface area contributed by atoms with Crippen molar-refractivity contribution in [2.45, 2.75) is 57.2 Å². The number of piperazine rings is 1. The van der Waals surface area contributed by atoms with Crippen LogP contribution in [0, 0.1) is 12.7 Å². The highest BCUT2D eigenvalue weighted by molar-refractivity contribution is 9.10. The summed E-state index contributed by atoms with van der Waals surface area (Å²) in [6.07, 6.45) is 0.974. The van der Waals surface area contributed by atoms with Gasteiger partial charge in [-0.2, -0.15) is 0 Å². The Morgan fingerprint density at radius 3 is 2.43 bits per heavy atom. The molecule has 2 heterocycles. The normalized spacial score (nSPS) is 18.7. The Bertz CT molecular complexity index is 1750. The largest absolute Gasteiger partial charge is 0.492 e. The molecule has 2 aliphatic heterocycles. The molecule has 49 heavy (non-hydrogen) atoms. The number of benzene rings is 3. The molecule has 10 nitrogen and oxygen atoms in total. The molecule has 0 spiro atoms. The number of hydrogen-bond donors (Lipinski definition) is 2. The first kappa shape index (κ1) is 34.3. The zero-order valence-corrected chi connectivity index (χ0v) is 28.8. The third-order valence-corrected chi connectivity index (χ3v) is 9.93. The standard InChI is InChI=1S/C37H39BrFN3O7/c1-23-4-2-6-29(18-23)48-17-15-41(27-12-13-27)35(43)34-30(20-28-21-40(36(44)45)22-32(34)42(28)37(46)47)25-9-7-24(8-10-25)5-3-16-49-33-19-26(39)11-14-31(33)38/h2,4,6-11,14,18-19,27-28,32H,3,5,12-13,15-17,20-22H2,1H3,(H,44,45)(H,46,47)/t28-,32-/m1/s1. The fourth-order valence-corrected chi connectivity index (χ4v) is 7.14. The monoisotopic (exact) mass is 735 g/mol. The van der Waals surface area contributed by atoms with Gasteiger partial charge in [0.25, 0.3) is 5.91 Å². The Morgan fingerprint density at radius 2 is 1.73 bits per heavy atom. The van der Waals surface area contributed by atoms with Crippen molar-refractivity contribution in [1.29, 1.82) is 0 Å². The van der Waals surface area contributed by atoms with Crippen LogP contribution in [0.2, 0.25) is 0 Å². The molecule has 3 aromatic carbocycles. The Morgan fingerprint density at radius 1 is 0.959 bits per heavy atom. The summed E-state index contributed by atoms with van der Waals surface area (Å²) in [5, 5.41) is 20.2. The summed E-state index contributed by atoms with van der Waals surface area (Å²) in [6, 6.07) is 18.3. The molecular weight excluding hydrogens is 697 g/mol. The minimum Gasteiger partial charge on any atom is -0.492 e. The van der Waals surface area contributed by atoms with Crippen LogP contribution in [0.5, 0.6) is 11.5 Å². The maximum atomic E-state index is 14.6. The molecule has 1 saturated heterocycles. The van der Waals surface area contributed by atoms with Crippen LogP contribution in [-0.4, -0.2) is 94.0 Å². The van der Waals surface area contributed by atoms with Gasteiger partial charge in [-0.3, -0.25) is 9.69 Å². The second-order valence-electron chi connectivity index (χ2n) is 12.8. The van der Waals surface area contributed by atoms with Gasteiger partial charge in [0.2, 0.25) is 0 Å². The molecule has 0 unspecified atom stereocenters. The molecule has 3 aromatic rings. The predicted molar refractivity (Wildman–Crippen MR) is 184 cm³/mol. The van der Waals surface area contributed by atoms with Crippen molar-refractivity contribution in [3.8, 4) is 11.5 Å². The third kappa shape index (κ3) is 8.01. The van der Waals surface area contributed by atoms with E-state index in [1.165, 1.54) is 21.9 Å². The molecule has 0 radical (unpaired) electrons. The SMILES string of the molecule is Cc1cccc(OCCN(C(=O)C2=C(c3ccc(CCCOc4cc(F)ccc4Br)cc3)C[C@@H]3CN(C(=O)O)C[C@H]2N3C(=O)O)C2CC2)c1. The number of aryl methyl sites for hydroxylation is 2. The van der Waals surface area contributed by atoms with E-state index in [1.807, 2.05) is 55.5 Å². The number of carboxylic acid groups (broad SMARTS) is 2. The highest BCUT2D eigenvalue weighted by atomic mass is 79.9. The summed E-state index contributed by atoms with van der Waals surface area (Å²) in [4.78, 5) is 43.5. The van der Waals surface area contributed by atoms with E-state index in [1.54, 1.807) is 11.0 Å². The van der Waals surface area contributed by atoms with Crippen molar-refractivity contribution in [1.82, 2.24) is 14.7 Å². The van der Waals surface area contributed by atoms with E-state index >= 15 is 0 Å². The molecule has 2 bridgehead atoms. The van der Waals surface area contributed by atoms with E-state index in [0.717, 1.165) is 35.1 Å². The van der Waals surface area contributed by atoms with Crippen molar-refractivity contribution in [3.63, 3.8) is 0 Å². The summed E-state index contributed by atoms with van der Waals surface area (Å²) < 4.78 is 26.0. The lowest BCUT2D eigenvalue weighted by Gasteiger charge is -2.49. The van der Waals surface area contributed by atoms with Crippen LogP contribution in [0.1, 0.15) is 42.4 Å². The molecule has 2 fully saturated rings. The maximum Gasteiger partial charge on any atom is 0.408 e. The van der Waals surface area contributed by atoms with Crippen LogP contribution in [-0.2, 0) is 11.2 Å². The van der Waals surface area contributed by atoms with Gasteiger partial charge >= 0.3 is 12.2 Å². The highest BCUT2D eigenvalue weighted by Crippen LogP contribution is 2.41. The fourth-order valence-electron chi connectivity index (χ4n) is 6.78. The molecular formula is C37H39BrFN3O7. The lowest BCUT2D eigenvalue weighted by atomic mass is 9.81. The van der Waals surface area contributed by atoms with Crippen LogP contribution in [0.15, 0.2) is 76.8 Å². The van der Waals surface area contributed by atoms with E-state index in [0.29, 0.717) is 47.5 Å². The Balaban J connectivity index is 1.24. The molecule has 3 amide bonds. The maximum absolute atomic E-state index is 14.6. The predicted octanol–water partition coefficient (Wildman–Crippen LogP) is 6.85. The van der Waals surface area contributed by atoms with Gasteiger partial charge in [-0.1, -0.05) is 36.4 Å². The number of ether oxygens (including phenoxy) is 2. The first-order valence-corrected chi connectivity index (χ1v) is 17.3. The number of halogens is 2. The van der Waals surface area contributed by atoms with Crippen molar-refractivity contribution in [2.24, 2.45) is 0 Å². The van der Waals surface area contributed by atoms with Gasteiger partial charge in [0.05, 0.1) is 29.7 Å². The average molecular weight is 737 g/mol. The minimum atomic E-state index is -1.17. The fraction of sp³-hybridized carbons (Fsp3) is 0.378. The van der Waals surface area contributed by atoms with Gasteiger partial charge < -0.3 is 29.5 Å². The third-order valence-electron chi connectivity index (χ3n) is 9.28. The summed E-state index contributed by atoms with van der Waals surface area (Å²) in [7, 11) is 0. The second-order valence-corrected chi connectivity index (χ2v) is 13.6. The van der Waals surface area contributed by atoms with Gasteiger partial charge in [0.1, 0.15) is 23.9 Å². The summed E-state index contributed by atoms with van der Waals surface area (Å²) in [5.41, 5.74) is 3.99. The van der Waals surface area contributed by atoms with Gasteiger partial charge in [0.15, 0.2) is 0 Å². The van der Waals surface area contributed by atoms with Gasteiger partial charge in [-0.15, -0.1) is 0 Å². The zero-order valence-electron chi connectivity index (χ0n) is 27.2. The average Bonchev–Trinajstić information content (AvgIpc) is 3.91. The number of hydrogen-bond acceptors (Lipinski definition) is 5. The topological polar surface area (TPSA) is 120 Å². The first-order valence-electron chi connectivity index (χ1n) is 16.5. The highest BCUT2D eigenvalue weighted by Gasteiger charge is 2.49. The Labute approximate surface area is 292 Å².